The Morgan fingerprint density at radius 3 is 1.46 bits per heavy atom. The van der Waals surface area contributed by atoms with Crippen molar-refractivity contribution >= 4 is 71.6 Å². The number of hydrogen-bond acceptors (Lipinski definition) is 2. The van der Waals surface area contributed by atoms with Crippen molar-refractivity contribution in [3.8, 4) is 50.2 Å². The van der Waals surface area contributed by atoms with Gasteiger partial charge < -0.3 is 13.9 Å². The van der Waals surface area contributed by atoms with Gasteiger partial charge in [-0.25, -0.2) is 0 Å². The summed E-state index contributed by atoms with van der Waals surface area (Å²) in [5.41, 5.74) is 17.9. The van der Waals surface area contributed by atoms with Crippen molar-refractivity contribution in [2.24, 2.45) is 0 Å². The third-order valence-corrected chi connectivity index (χ3v) is 13.4. The highest BCUT2D eigenvalue weighted by molar-refractivity contribution is 6.12. The van der Waals surface area contributed by atoms with Crippen molar-refractivity contribution in [3.05, 3.63) is 255 Å². The molecule has 0 N–H and O–H groups in total. The van der Waals surface area contributed by atoms with Crippen molar-refractivity contribution in [1.82, 2.24) is 4.57 Å². The summed E-state index contributed by atoms with van der Waals surface area (Å²) < 4.78 is 8.93. The van der Waals surface area contributed by atoms with Gasteiger partial charge in [0.25, 0.3) is 0 Å². The van der Waals surface area contributed by atoms with Crippen molar-refractivity contribution in [3.63, 3.8) is 0 Å². The van der Waals surface area contributed by atoms with Crippen LogP contribution in [0.5, 0.6) is 0 Å². The Morgan fingerprint density at radius 1 is 0.299 bits per heavy atom. The molecule has 314 valence electrons. The highest BCUT2D eigenvalue weighted by Crippen LogP contribution is 2.42. The van der Waals surface area contributed by atoms with Crippen molar-refractivity contribution in [1.29, 1.82) is 0 Å². The smallest absolute Gasteiger partial charge is 0.143 e. The molecule has 2 aromatic heterocycles. The van der Waals surface area contributed by atoms with Crippen LogP contribution in [0, 0.1) is 0 Å². The maximum Gasteiger partial charge on any atom is 0.143 e. The molecule has 67 heavy (non-hydrogen) atoms. The number of rotatable bonds is 8. The molecule has 3 heteroatoms. The van der Waals surface area contributed by atoms with E-state index in [1.54, 1.807) is 0 Å². The quantitative estimate of drug-likeness (QED) is 0.152. The Kier molecular flexibility index (Phi) is 9.17. The van der Waals surface area contributed by atoms with E-state index >= 15 is 0 Å². The molecule has 0 saturated heterocycles. The molecule has 0 aliphatic heterocycles. The van der Waals surface area contributed by atoms with Gasteiger partial charge in [0.15, 0.2) is 0 Å². The summed E-state index contributed by atoms with van der Waals surface area (Å²) >= 11 is 0. The fourth-order valence-corrected chi connectivity index (χ4v) is 10.1. The van der Waals surface area contributed by atoms with Crippen molar-refractivity contribution < 1.29 is 4.42 Å². The van der Waals surface area contributed by atoms with Crippen LogP contribution in [0.1, 0.15) is 0 Å². The molecule has 0 aliphatic rings. The first-order valence-electron chi connectivity index (χ1n) is 22.9. The molecule has 0 unspecified atom stereocenters. The lowest BCUT2D eigenvalue weighted by Crippen LogP contribution is -2.09. The maximum absolute atomic E-state index is 6.51. The highest BCUT2D eigenvalue weighted by Gasteiger charge is 2.18. The molecule has 0 aliphatic carbocycles. The second kappa shape index (κ2) is 16.0. The van der Waals surface area contributed by atoms with E-state index < -0.39 is 0 Å². The van der Waals surface area contributed by atoms with Gasteiger partial charge in [-0.2, -0.15) is 0 Å². The number of benzene rings is 11. The van der Waals surface area contributed by atoms with Gasteiger partial charge in [0.2, 0.25) is 0 Å². The molecule has 0 saturated carbocycles. The fraction of sp³-hybridized carbons (Fsp3) is 0. The van der Waals surface area contributed by atoms with Gasteiger partial charge in [-0.05, 0) is 117 Å². The number of fused-ring (bicyclic) bond motifs is 7. The van der Waals surface area contributed by atoms with E-state index in [4.69, 9.17) is 4.42 Å². The standard InChI is InChI=1S/C64H42N2O/c1-3-13-43(14-4-1)44-25-33-51(34-26-44)65(53-37-29-46(30-38-53)50-32-40-63-59(42-50)57-22-12-21-55(64(57)67-63)48-15-5-2-6-16-48)52-35-27-45(28-36-52)49-31-39-62-58(41-49)56-20-9-10-23-61(56)66(62)60-24-11-18-47-17-7-8-19-54(47)60/h1-42H. The van der Waals surface area contributed by atoms with E-state index in [1.807, 2.05) is 6.07 Å². The Labute approximate surface area is 388 Å². The maximum atomic E-state index is 6.51. The van der Waals surface area contributed by atoms with Crippen molar-refractivity contribution in [2.45, 2.75) is 0 Å². The number of aromatic nitrogens is 1. The third kappa shape index (κ3) is 6.67. The zero-order valence-corrected chi connectivity index (χ0v) is 36.6. The van der Waals surface area contributed by atoms with E-state index in [0.717, 1.165) is 61.3 Å². The average molecular weight is 855 g/mol. The van der Waals surface area contributed by atoms with E-state index in [-0.39, 0.29) is 0 Å². The molecule has 0 radical (unpaired) electrons. The van der Waals surface area contributed by atoms with Gasteiger partial charge in [0, 0.05) is 49.6 Å². The Bertz CT molecular complexity index is 3940. The summed E-state index contributed by atoms with van der Waals surface area (Å²) in [7, 11) is 0. The zero-order chi connectivity index (χ0) is 44.3. The Balaban J connectivity index is 0.868. The molecule has 13 aromatic rings. The van der Waals surface area contributed by atoms with Gasteiger partial charge in [-0.15, -0.1) is 0 Å². The van der Waals surface area contributed by atoms with Crippen LogP contribution in [0.2, 0.25) is 0 Å². The Hall–Kier alpha value is -8.92. The van der Waals surface area contributed by atoms with Crippen LogP contribution >= 0.6 is 0 Å². The summed E-state index contributed by atoms with van der Waals surface area (Å²) in [5.74, 6) is 0. The first kappa shape index (κ1) is 38.5. The molecular formula is C64H42N2O. The molecule has 3 nitrogen and oxygen atoms in total. The number of anilines is 3. The second-order valence-electron chi connectivity index (χ2n) is 17.3. The average Bonchev–Trinajstić information content (AvgIpc) is 3.95. The normalized spacial score (nSPS) is 11.6. The second-order valence-corrected chi connectivity index (χ2v) is 17.3. The van der Waals surface area contributed by atoms with Crippen LogP contribution in [0.4, 0.5) is 17.1 Å². The molecular weight excluding hydrogens is 813 g/mol. The van der Waals surface area contributed by atoms with Crippen LogP contribution in [0.15, 0.2) is 259 Å². The molecule has 2 heterocycles. The summed E-state index contributed by atoms with van der Waals surface area (Å²) in [6.07, 6.45) is 0. The van der Waals surface area contributed by atoms with E-state index in [1.165, 1.54) is 60.5 Å². The van der Waals surface area contributed by atoms with E-state index in [9.17, 15) is 0 Å². The minimum Gasteiger partial charge on any atom is -0.455 e. The lowest BCUT2D eigenvalue weighted by atomic mass is 9.99. The minimum atomic E-state index is 0.889. The number of para-hydroxylation sites is 2. The predicted octanol–water partition coefficient (Wildman–Crippen LogP) is 18.0. The monoisotopic (exact) mass is 854 g/mol. The van der Waals surface area contributed by atoms with Gasteiger partial charge in [0.05, 0.1) is 16.7 Å². The predicted molar refractivity (Wildman–Crippen MR) is 282 cm³/mol. The molecule has 13 rings (SSSR count). The van der Waals surface area contributed by atoms with Gasteiger partial charge in [0.1, 0.15) is 11.2 Å². The lowest BCUT2D eigenvalue weighted by molar-refractivity contribution is 0.670. The summed E-state index contributed by atoms with van der Waals surface area (Å²) in [4.78, 5) is 2.35. The van der Waals surface area contributed by atoms with Crippen molar-refractivity contribution in [2.75, 3.05) is 4.90 Å². The molecule has 0 atom stereocenters. The van der Waals surface area contributed by atoms with Crippen LogP contribution in [0.25, 0.3) is 105 Å². The number of hydrogen-bond donors (Lipinski definition) is 0. The van der Waals surface area contributed by atoms with Gasteiger partial charge in [-0.1, -0.05) is 182 Å². The topological polar surface area (TPSA) is 21.3 Å². The van der Waals surface area contributed by atoms with E-state index in [0.29, 0.717) is 0 Å². The Morgan fingerprint density at radius 2 is 0.776 bits per heavy atom. The lowest BCUT2D eigenvalue weighted by Gasteiger charge is -2.26. The summed E-state index contributed by atoms with van der Waals surface area (Å²) in [6.45, 7) is 0. The molecule has 11 aromatic carbocycles. The fourth-order valence-electron chi connectivity index (χ4n) is 10.1. The SMILES string of the molecule is c1ccc(-c2ccc(N(c3ccc(-c4ccc5oc6c(-c7ccccc7)cccc6c5c4)cc3)c3ccc(-c4ccc5c(c4)c4ccccc4n5-c4cccc5ccccc45)cc3)cc2)cc1. The van der Waals surface area contributed by atoms with Crippen LogP contribution in [-0.4, -0.2) is 4.57 Å². The van der Waals surface area contributed by atoms with Crippen LogP contribution in [-0.2, 0) is 0 Å². The number of nitrogens with zero attached hydrogens (tertiary/aromatic N) is 2. The van der Waals surface area contributed by atoms with Crippen LogP contribution in [0.3, 0.4) is 0 Å². The minimum absolute atomic E-state index is 0.889. The molecule has 0 amide bonds. The largest absolute Gasteiger partial charge is 0.455 e. The first-order valence-corrected chi connectivity index (χ1v) is 22.9. The first-order chi connectivity index (χ1) is 33.2. The molecule has 0 fully saturated rings. The van der Waals surface area contributed by atoms with Crippen LogP contribution < -0.4 is 4.90 Å². The summed E-state index contributed by atoms with van der Waals surface area (Å²) in [5, 5.41) is 7.19. The molecule has 0 spiro atoms. The third-order valence-electron chi connectivity index (χ3n) is 13.4. The van der Waals surface area contributed by atoms with Gasteiger partial charge >= 0.3 is 0 Å². The molecule has 0 bridgehead atoms. The van der Waals surface area contributed by atoms with Gasteiger partial charge in [-0.3, -0.25) is 0 Å². The van der Waals surface area contributed by atoms with E-state index in [2.05, 4.69) is 258 Å². The highest BCUT2D eigenvalue weighted by atomic mass is 16.3. The number of furan rings is 1. The zero-order valence-electron chi connectivity index (χ0n) is 36.6. The summed E-state index contributed by atoms with van der Waals surface area (Å²) in [6, 6.07) is 91.8.